The van der Waals surface area contributed by atoms with Gasteiger partial charge in [0.2, 0.25) is 0 Å². The molecule has 96 valence electrons. The number of para-hydroxylation sites is 1. The van der Waals surface area contributed by atoms with Gasteiger partial charge >= 0.3 is 0 Å². The normalized spacial score (nSPS) is 10.8. The van der Waals surface area contributed by atoms with Gasteiger partial charge in [-0.25, -0.2) is 15.0 Å². The number of hydrogen-bond acceptors (Lipinski definition) is 6. The van der Waals surface area contributed by atoms with Crippen LogP contribution in [0.4, 0.5) is 5.82 Å². The highest BCUT2D eigenvalue weighted by atomic mass is 32.1. The molecule has 5 nitrogen and oxygen atoms in total. The summed E-state index contributed by atoms with van der Waals surface area (Å²) in [5, 5.41) is 0.984. The molecule has 0 atom stereocenters. The summed E-state index contributed by atoms with van der Waals surface area (Å²) in [5.41, 5.74) is 7.53. The smallest absolute Gasteiger partial charge is 0.182 e. The molecule has 0 aliphatic rings. The van der Waals surface area contributed by atoms with E-state index in [1.165, 1.54) is 11.0 Å². The SMILES string of the molecule is COc1c(N)ncnc1Cc1nc2ccccc2s1. The molecule has 2 heterocycles. The minimum atomic E-state index is 0.355. The number of fused-ring (bicyclic) bond motifs is 1. The first kappa shape index (κ1) is 11.9. The highest BCUT2D eigenvalue weighted by molar-refractivity contribution is 7.18. The van der Waals surface area contributed by atoms with Crippen LogP contribution < -0.4 is 10.5 Å². The van der Waals surface area contributed by atoms with Crippen molar-refractivity contribution in [3.8, 4) is 5.75 Å². The van der Waals surface area contributed by atoms with Gasteiger partial charge in [0.15, 0.2) is 11.6 Å². The third-order valence-corrected chi connectivity index (χ3v) is 3.80. The lowest BCUT2D eigenvalue weighted by atomic mass is 10.2. The minimum Gasteiger partial charge on any atom is -0.491 e. The largest absolute Gasteiger partial charge is 0.491 e. The van der Waals surface area contributed by atoms with Crippen LogP contribution in [-0.2, 0) is 6.42 Å². The van der Waals surface area contributed by atoms with E-state index >= 15 is 0 Å². The molecule has 0 saturated carbocycles. The molecule has 2 N–H and O–H groups in total. The zero-order valence-corrected chi connectivity index (χ0v) is 11.1. The Kier molecular flexibility index (Phi) is 3.00. The molecule has 0 radical (unpaired) electrons. The van der Waals surface area contributed by atoms with Crippen LogP contribution in [0.5, 0.6) is 5.75 Å². The fourth-order valence-corrected chi connectivity index (χ4v) is 2.88. The Bertz CT molecular complexity index is 692. The first-order valence-corrected chi connectivity index (χ1v) is 6.57. The number of nitrogens with zero attached hydrogens (tertiary/aromatic N) is 3. The van der Waals surface area contributed by atoms with Crippen molar-refractivity contribution in [2.45, 2.75) is 6.42 Å². The van der Waals surface area contributed by atoms with Crippen molar-refractivity contribution >= 4 is 27.4 Å². The zero-order valence-electron chi connectivity index (χ0n) is 10.3. The van der Waals surface area contributed by atoms with Gasteiger partial charge in [0.25, 0.3) is 0 Å². The third kappa shape index (κ3) is 2.22. The number of hydrogen-bond donors (Lipinski definition) is 1. The third-order valence-electron chi connectivity index (χ3n) is 2.77. The van der Waals surface area contributed by atoms with E-state index in [2.05, 4.69) is 21.0 Å². The topological polar surface area (TPSA) is 73.9 Å². The number of aromatic nitrogens is 3. The molecule has 0 saturated heterocycles. The Balaban J connectivity index is 1.99. The molecule has 0 bridgehead atoms. The summed E-state index contributed by atoms with van der Waals surface area (Å²) in [7, 11) is 1.57. The fourth-order valence-electron chi connectivity index (χ4n) is 1.91. The molecule has 19 heavy (non-hydrogen) atoms. The second-order valence-corrected chi connectivity index (χ2v) is 5.11. The van der Waals surface area contributed by atoms with Crippen molar-refractivity contribution in [2.24, 2.45) is 0 Å². The van der Waals surface area contributed by atoms with E-state index in [-0.39, 0.29) is 0 Å². The van der Waals surface area contributed by atoms with Crippen molar-refractivity contribution in [2.75, 3.05) is 12.8 Å². The van der Waals surface area contributed by atoms with Crippen molar-refractivity contribution in [1.82, 2.24) is 15.0 Å². The average molecular weight is 272 g/mol. The molecule has 0 aliphatic heterocycles. The van der Waals surface area contributed by atoms with Crippen molar-refractivity contribution in [3.63, 3.8) is 0 Å². The number of benzene rings is 1. The lowest BCUT2D eigenvalue weighted by Gasteiger charge is -2.07. The molecule has 6 heteroatoms. The Morgan fingerprint density at radius 1 is 1.26 bits per heavy atom. The number of thiazole rings is 1. The van der Waals surface area contributed by atoms with Crippen LogP contribution >= 0.6 is 11.3 Å². The molecule has 2 aromatic heterocycles. The van der Waals surface area contributed by atoms with E-state index in [0.717, 1.165) is 16.2 Å². The zero-order chi connectivity index (χ0) is 13.2. The van der Waals surface area contributed by atoms with Gasteiger partial charge in [-0.15, -0.1) is 11.3 Å². The van der Waals surface area contributed by atoms with E-state index in [1.54, 1.807) is 18.4 Å². The Labute approximate surface area is 114 Å². The summed E-state index contributed by atoms with van der Waals surface area (Å²) in [5.74, 6) is 0.885. The summed E-state index contributed by atoms with van der Waals surface area (Å²) in [4.78, 5) is 12.7. The first-order valence-electron chi connectivity index (χ1n) is 5.75. The van der Waals surface area contributed by atoms with E-state index in [9.17, 15) is 0 Å². The Hall–Kier alpha value is -2.21. The molecular formula is C13H12N4OS. The van der Waals surface area contributed by atoms with Crippen LogP contribution in [0.25, 0.3) is 10.2 Å². The maximum Gasteiger partial charge on any atom is 0.182 e. The van der Waals surface area contributed by atoms with Crippen LogP contribution in [0.2, 0.25) is 0 Å². The highest BCUT2D eigenvalue weighted by Crippen LogP contribution is 2.27. The molecule has 0 unspecified atom stereocenters. The lowest BCUT2D eigenvalue weighted by Crippen LogP contribution is -2.03. The second-order valence-electron chi connectivity index (χ2n) is 3.99. The molecule has 3 aromatic rings. The lowest BCUT2D eigenvalue weighted by molar-refractivity contribution is 0.408. The number of anilines is 1. The van der Waals surface area contributed by atoms with Crippen LogP contribution in [0.15, 0.2) is 30.6 Å². The number of nitrogen functional groups attached to an aromatic ring is 1. The summed E-state index contributed by atoms with van der Waals surface area (Å²) in [6.07, 6.45) is 2.04. The fraction of sp³-hybridized carbons (Fsp3) is 0.154. The first-order chi connectivity index (χ1) is 9.28. The predicted molar refractivity (Wildman–Crippen MR) is 75.4 cm³/mol. The summed E-state index contributed by atoms with van der Waals surface area (Å²) >= 11 is 1.65. The summed E-state index contributed by atoms with van der Waals surface area (Å²) in [6.45, 7) is 0. The van der Waals surface area contributed by atoms with Crippen LogP contribution in [0.3, 0.4) is 0 Å². The molecule has 0 aliphatic carbocycles. The number of ether oxygens (including phenoxy) is 1. The van der Waals surface area contributed by atoms with Crippen LogP contribution in [0.1, 0.15) is 10.7 Å². The van der Waals surface area contributed by atoms with E-state index < -0.39 is 0 Å². The number of rotatable bonds is 3. The maximum atomic E-state index is 5.77. The second kappa shape index (κ2) is 4.81. The summed E-state index contributed by atoms with van der Waals surface area (Å²) in [6, 6.07) is 8.05. The van der Waals surface area contributed by atoms with Gasteiger partial charge in [-0.3, -0.25) is 0 Å². The van der Waals surface area contributed by atoms with Crippen molar-refractivity contribution < 1.29 is 4.74 Å². The number of methoxy groups -OCH3 is 1. The van der Waals surface area contributed by atoms with Crippen molar-refractivity contribution in [3.05, 3.63) is 41.3 Å². The van der Waals surface area contributed by atoms with E-state index in [0.29, 0.717) is 18.0 Å². The average Bonchev–Trinajstić information content (AvgIpc) is 2.81. The quantitative estimate of drug-likeness (QED) is 0.791. The van der Waals surface area contributed by atoms with Gasteiger partial charge in [0.05, 0.1) is 28.0 Å². The highest BCUT2D eigenvalue weighted by Gasteiger charge is 2.12. The molecule has 0 amide bonds. The Morgan fingerprint density at radius 3 is 2.89 bits per heavy atom. The van der Waals surface area contributed by atoms with Gasteiger partial charge in [-0.05, 0) is 12.1 Å². The van der Waals surface area contributed by atoms with Crippen LogP contribution in [0, 0.1) is 0 Å². The predicted octanol–water partition coefficient (Wildman–Crippen LogP) is 2.27. The molecule has 0 spiro atoms. The molecule has 3 rings (SSSR count). The molecule has 1 aromatic carbocycles. The minimum absolute atomic E-state index is 0.355. The standard InChI is InChI=1S/C13H12N4OS/c1-18-12-9(15-7-16-13(12)14)6-11-17-8-4-2-3-5-10(8)19-11/h2-5,7H,6H2,1H3,(H2,14,15,16). The van der Waals surface area contributed by atoms with Crippen LogP contribution in [-0.4, -0.2) is 22.1 Å². The van der Waals surface area contributed by atoms with Gasteiger partial charge < -0.3 is 10.5 Å². The van der Waals surface area contributed by atoms with E-state index in [4.69, 9.17) is 10.5 Å². The van der Waals surface area contributed by atoms with Gasteiger partial charge in [-0.2, -0.15) is 0 Å². The summed E-state index contributed by atoms with van der Waals surface area (Å²) < 4.78 is 6.41. The van der Waals surface area contributed by atoms with E-state index in [1.807, 2.05) is 18.2 Å². The molecule has 0 fully saturated rings. The number of nitrogens with two attached hydrogens (primary N) is 1. The van der Waals surface area contributed by atoms with Gasteiger partial charge in [0, 0.05) is 6.42 Å². The maximum absolute atomic E-state index is 5.77. The van der Waals surface area contributed by atoms with Crippen molar-refractivity contribution in [1.29, 1.82) is 0 Å². The van der Waals surface area contributed by atoms with Gasteiger partial charge in [0.1, 0.15) is 6.33 Å². The molecular weight excluding hydrogens is 260 g/mol. The monoisotopic (exact) mass is 272 g/mol. The van der Waals surface area contributed by atoms with Gasteiger partial charge in [-0.1, -0.05) is 12.1 Å². The Morgan fingerprint density at radius 2 is 2.11 bits per heavy atom.